The molecule has 0 radical (unpaired) electrons. The molecule has 2 aromatic heterocycles. The lowest BCUT2D eigenvalue weighted by molar-refractivity contribution is -0.140. The van der Waals surface area contributed by atoms with Crippen molar-refractivity contribution in [2.24, 2.45) is 0 Å². The average Bonchev–Trinajstić information content (AvgIpc) is 3.21. The van der Waals surface area contributed by atoms with Crippen molar-refractivity contribution in [3.8, 4) is 21.8 Å². The van der Waals surface area contributed by atoms with Crippen molar-refractivity contribution in [2.75, 3.05) is 7.11 Å². The van der Waals surface area contributed by atoms with Crippen molar-refractivity contribution in [3.63, 3.8) is 0 Å². The lowest BCUT2D eigenvalue weighted by Gasteiger charge is -2.12. The van der Waals surface area contributed by atoms with Gasteiger partial charge in [0, 0.05) is 23.4 Å². The number of carbonyl (C=O) groups is 1. The number of aryl methyl sites for hydroxylation is 1. The van der Waals surface area contributed by atoms with Crippen LogP contribution in [0.15, 0.2) is 65.5 Å². The summed E-state index contributed by atoms with van der Waals surface area (Å²) in [6.45, 7) is 2.42. The van der Waals surface area contributed by atoms with Crippen LogP contribution in [-0.2, 0) is 16.1 Å². The highest BCUT2D eigenvalue weighted by molar-refractivity contribution is 7.21. The topological polar surface area (TPSA) is 61.2 Å². The molecule has 0 atom stereocenters. The summed E-state index contributed by atoms with van der Waals surface area (Å²) in [5, 5.41) is 0.604. The van der Waals surface area contributed by atoms with E-state index in [2.05, 4.69) is 0 Å². The van der Waals surface area contributed by atoms with E-state index < -0.39 is 0 Å². The van der Waals surface area contributed by atoms with Gasteiger partial charge in [0.25, 0.3) is 5.56 Å². The summed E-state index contributed by atoms with van der Waals surface area (Å²) in [7, 11) is 1.37. The van der Waals surface area contributed by atoms with Gasteiger partial charge in [0.15, 0.2) is 0 Å². The number of benzene rings is 2. The molecule has 2 aromatic carbocycles. The Morgan fingerprint density at radius 3 is 2.50 bits per heavy atom. The fourth-order valence-corrected chi connectivity index (χ4v) is 4.40. The highest BCUT2D eigenvalue weighted by Crippen LogP contribution is 2.32. The molecule has 4 rings (SSSR count). The first kappa shape index (κ1) is 20.0. The van der Waals surface area contributed by atoms with Gasteiger partial charge in [0.05, 0.1) is 12.5 Å². The Labute approximate surface area is 178 Å². The van der Waals surface area contributed by atoms with Gasteiger partial charge in [-0.2, -0.15) is 0 Å². The van der Waals surface area contributed by atoms with Crippen LogP contribution in [0.2, 0.25) is 0 Å². The smallest absolute Gasteiger partial charge is 0.305 e. The number of carbonyl (C=O) groups excluding carboxylic acids is 1. The maximum absolute atomic E-state index is 13.4. The van der Waals surface area contributed by atoms with Crippen LogP contribution >= 0.6 is 11.3 Å². The number of methoxy groups -OCH3 is 1. The second-order valence-corrected chi connectivity index (χ2v) is 8.16. The zero-order chi connectivity index (χ0) is 21.1. The number of hydrogen-bond donors (Lipinski definition) is 0. The molecule has 0 unspecified atom stereocenters. The van der Waals surface area contributed by atoms with Crippen LogP contribution < -0.4 is 5.56 Å². The van der Waals surface area contributed by atoms with E-state index in [-0.39, 0.29) is 17.9 Å². The molecule has 4 aromatic rings. The number of thiophene rings is 1. The first-order chi connectivity index (χ1) is 14.6. The zero-order valence-corrected chi connectivity index (χ0v) is 17.7. The molecule has 0 saturated carbocycles. The molecular formula is C24H22N2O3S. The SMILES string of the molecule is COC(=O)CCCn1c(-c2ccc(C)cc2)nc2sc(-c3ccccc3)cc2c1=O. The van der Waals surface area contributed by atoms with Crippen LogP contribution in [-0.4, -0.2) is 22.6 Å². The van der Waals surface area contributed by atoms with E-state index in [1.165, 1.54) is 18.4 Å². The van der Waals surface area contributed by atoms with Crippen LogP contribution in [0.5, 0.6) is 0 Å². The zero-order valence-electron chi connectivity index (χ0n) is 16.9. The van der Waals surface area contributed by atoms with Crippen LogP contribution in [0.1, 0.15) is 18.4 Å². The van der Waals surface area contributed by atoms with Crippen LogP contribution in [0, 0.1) is 6.92 Å². The minimum Gasteiger partial charge on any atom is -0.469 e. The van der Waals surface area contributed by atoms with E-state index in [0.29, 0.717) is 24.2 Å². The van der Waals surface area contributed by atoms with Gasteiger partial charge in [0.1, 0.15) is 10.7 Å². The summed E-state index contributed by atoms with van der Waals surface area (Å²) >= 11 is 1.52. The Morgan fingerprint density at radius 1 is 1.07 bits per heavy atom. The van der Waals surface area contributed by atoms with E-state index in [1.807, 2.05) is 67.6 Å². The minimum absolute atomic E-state index is 0.0844. The summed E-state index contributed by atoms with van der Waals surface area (Å²) in [4.78, 5) is 31.5. The lowest BCUT2D eigenvalue weighted by Crippen LogP contribution is -2.23. The molecule has 30 heavy (non-hydrogen) atoms. The molecular weight excluding hydrogens is 396 g/mol. The summed E-state index contributed by atoms with van der Waals surface area (Å²) < 4.78 is 6.41. The normalized spacial score (nSPS) is 11.0. The third-order valence-corrected chi connectivity index (χ3v) is 6.09. The van der Waals surface area contributed by atoms with E-state index in [9.17, 15) is 9.59 Å². The van der Waals surface area contributed by atoms with Crippen molar-refractivity contribution < 1.29 is 9.53 Å². The monoisotopic (exact) mass is 418 g/mol. The third-order valence-electron chi connectivity index (χ3n) is 5.01. The van der Waals surface area contributed by atoms with Gasteiger partial charge < -0.3 is 4.74 Å². The van der Waals surface area contributed by atoms with Crippen LogP contribution in [0.4, 0.5) is 0 Å². The molecule has 152 valence electrons. The molecule has 5 nitrogen and oxygen atoms in total. The second kappa shape index (κ2) is 8.63. The summed E-state index contributed by atoms with van der Waals surface area (Å²) in [6.07, 6.45) is 0.765. The van der Waals surface area contributed by atoms with E-state index in [0.717, 1.165) is 26.4 Å². The molecule has 0 saturated heterocycles. The predicted molar refractivity (Wildman–Crippen MR) is 121 cm³/mol. The maximum atomic E-state index is 13.4. The molecule has 0 aliphatic heterocycles. The Kier molecular flexibility index (Phi) is 5.77. The Hall–Kier alpha value is -3.25. The quantitative estimate of drug-likeness (QED) is 0.411. The molecule has 0 aliphatic rings. The van der Waals surface area contributed by atoms with Gasteiger partial charge in [-0.1, -0.05) is 60.2 Å². The largest absolute Gasteiger partial charge is 0.469 e. The van der Waals surface area contributed by atoms with Gasteiger partial charge in [-0.15, -0.1) is 11.3 Å². The van der Waals surface area contributed by atoms with Gasteiger partial charge in [-0.25, -0.2) is 4.98 Å². The van der Waals surface area contributed by atoms with Gasteiger partial charge >= 0.3 is 5.97 Å². The fourth-order valence-electron chi connectivity index (χ4n) is 3.37. The predicted octanol–water partition coefficient (Wildman–Crippen LogP) is 5.05. The standard InChI is InChI=1S/C24H22N2O3S/c1-16-10-12-18(13-11-16)22-25-23-19(15-20(30-23)17-7-4-3-5-8-17)24(28)26(22)14-6-9-21(27)29-2/h3-5,7-8,10-13,15H,6,9,14H2,1-2H3. The van der Waals surface area contributed by atoms with Crippen LogP contribution in [0.3, 0.4) is 0 Å². The van der Waals surface area contributed by atoms with Crippen molar-refractivity contribution in [2.45, 2.75) is 26.3 Å². The third kappa shape index (κ3) is 4.04. The number of fused-ring (bicyclic) bond motifs is 1. The highest BCUT2D eigenvalue weighted by atomic mass is 32.1. The molecule has 0 aliphatic carbocycles. The number of nitrogens with zero attached hydrogens (tertiary/aromatic N) is 2. The molecule has 2 heterocycles. The van der Waals surface area contributed by atoms with Crippen LogP contribution in [0.25, 0.3) is 32.0 Å². The lowest BCUT2D eigenvalue weighted by atomic mass is 10.1. The van der Waals surface area contributed by atoms with E-state index in [4.69, 9.17) is 9.72 Å². The number of rotatable bonds is 6. The first-order valence-corrected chi connectivity index (χ1v) is 10.6. The minimum atomic E-state index is -0.282. The Balaban J connectivity index is 1.83. The molecule has 0 fully saturated rings. The number of aromatic nitrogens is 2. The highest BCUT2D eigenvalue weighted by Gasteiger charge is 2.16. The molecule has 6 heteroatoms. The first-order valence-electron chi connectivity index (χ1n) is 9.80. The Bertz CT molecular complexity index is 1240. The number of hydrogen-bond acceptors (Lipinski definition) is 5. The summed E-state index contributed by atoms with van der Waals surface area (Å²) in [6, 6.07) is 19.9. The Morgan fingerprint density at radius 2 is 1.80 bits per heavy atom. The van der Waals surface area contributed by atoms with Crippen molar-refractivity contribution in [1.29, 1.82) is 0 Å². The summed E-state index contributed by atoms with van der Waals surface area (Å²) in [5.41, 5.74) is 3.00. The average molecular weight is 419 g/mol. The molecule has 0 bridgehead atoms. The fraction of sp³-hybridized carbons (Fsp3) is 0.208. The van der Waals surface area contributed by atoms with Crippen molar-refractivity contribution >= 4 is 27.5 Å². The van der Waals surface area contributed by atoms with Gasteiger partial charge in [-0.3, -0.25) is 14.2 Å². The van der Waals surface area contributed by atoms with E-state index >= 15 is 0 Å². The van der Waals surface area contributed by atoms with E-state index in [1.54, 1.807) is 4.57 Å². The molecule has 0 amide bonds. The molecule has 0 N–H and O–H groups in total. The van der Waals surface area contributed by atoms with Crippen molar-refractivity contribution in [1.82, 2.24) is 9.55 Å². The maximum Gasteiger partial charge on any atom is 0.305 e. The van der Waals surface area contributed by atoms with Crippen molar-refractivity contribution in [3.05, 3.63) is 76.6 Å². The number of esters is 1. The molecule has 0 spiro atoms. The van der Waals surface area contributed by atoms with Gasteiger partial charge in [0.2, 0.25) is 0 Å². The second-order valence-electron chi connectivity index (χ2n) is 7.13. The number of ether oxygens (including phenoxy) is 1. The van der Waals surface area contributed by atoms with Gasteiger partial charge in [-0.05, 0) is 25.0 Å². The summed E-state index contributed by atoms with van der Waals surface area (Å²) in [5.74, 6) is 0.342.